The molecule has 0 atom stereocenters. The summed E-state index contributed by atoms with van der Waals surface area (Å²) in [7, 11) is 0. The highest BCUT2D eigenvalue weighted by molar-refractivity contribution is 7.15. The number of carbonyl (C=O) groups excluding carboxylic acids is 1. The molecule has 23 heavy (non-hydrogen) atoms. The summed E-state index contributed by atoms with van der Waals surface area (Å²) in [6.45, 7) is 2.79. The van der Waals surface area contributed by atoms with Gasteiger partial charge in [0.25, 0.3) is 5.91 Å². The van der Waals surface area contributed by atoms with Gasteiger partial charge in [-0.05, 0) is 6.92 Å². The van der Waals surface area contributed by atoms with Crippen molar-refractivity contribution in [3.05, 3.63) is 51.6 Å². The number of hydrogen-bond donors (Lipinski definition) is 1. The first-order valence-electron chi connectivity index (χ1n) is 7.00. The first-order valence-corrected chi connectivity index (χ1v) is 8.19. The van der Waals surface area contributed by atoms with Crippen LogP contribution in [-0.4, -0.2) is 32.4 Å². The second-order valence-corrected chi connectivity index (χ2v) is 6.65. The van der Waals surface area contributed by atoms with Crippen LogP contribution in [0.5, 0.6) is 0 Å². The normalized spacial score (nSPS) is 10.7. The maximum atomic E-state index is 12.0. The minimum atomic E-state index is -0.228. The predicted octanol–water partition coefficient (Wildman–Crippen LogP) is 2.79. The van der Waals surface area contributed by atoms with Gasteiger partial charge < -0.3 is 5.32 Å². The van der Waals surface area contributed by atoms with Crippen LogP contribution < -0.4 is 5.32 Å². The van der Waals surface area contributed by atoms with Gasteiger partial charge in [-0.15, -0.1) is 16.4 Å². The molecule has 0 aliphatic carbocycles. The summed E-state index contributed by atoms with van der Waals surface area (Å²) in [5.74, 6) is -0.228. The molecule has 1 aromatic carbocycles. The average Bonchev–Trinajstić information content (AvgIpc) is 3.14. The molecule has 0 radical (unpaired) electrons. The number of thiazole rings is 1. The monoisotopic (exact) mass is 347 g/mol. The number of hydrogen-bond acceptors (Lipinski definition) is 5. The Morgan fingerprint density at radius 3 is 2.83 bits per heavy atom. The molecule has 2 heterocycles. The van der Waals surface area contributed by atoms with Gasteiger partial charge in [0, 0.05) is 17.0 Å². The van der Waals surface area contributed by atoms with E-state index in [9.17, 15) is 4.79 Å². The molecule has 2 aromatic heterocycles. The molecule has 0 unspecified atom stereocenters. The Kier molecular flexibility index (Phi) is 4.68. The van der Waals surface area contributed by atoms with Crippen LogP contribution in [0.25, 0.3) is 11.3 Å². The number of nitrogens with zero attached hydrogens (tertiary/aromatic N) is 4. The maximum Gasteiger partial charge on any atom is 0.271 e. The highest BCUT2D eigenvalue weighted by atomic mass is 35.5. The van der Waals surface area contributed by atoms with Crippen molar-refractivity contribution in [2.75, 3.05) is 6.54 Å². The van der Waals surface area contributed by atoms with Gasteiger partial charge in [0.1, 0.15) is 11.4 Å². The molecule has 3 rings (SSSR count). The van der Waals surface area contributed by atoms with E-state index in [1.54, 1.807) is 4.68 Å². The molecule has 0 saturated carbocycles. The average molecular weight is 348 g/mol. The Labute approximate surface area is 142 Å². The first kappa shape index (κ1) is 15.6. The van der Waals surface area contributed by atoms with Gasteiger partial charge in [-0.3, -0.25) is 9.48 Å². The van der Waals surface area contributed by atoms with Crippen molar-refractivity contribution < 1.29 is 4.79 Å². The van der Waals surface area contributed by atoms with E-state index >= 15 is 0 Å². The Hall–Kier alpha value is -2.25. The number of carbonyl (C=O) groups is 1. The standard InChI is InChI=1S/C15H14ClN5OS/c1-10-13(18-15(16)23-10)14(22)17-7-8-21-9-12(19-20-21)11-5-3-2-4-6-11/h2-6,9H,7-8H2,1H3,(H,17,22). The lowest BCUT2D eigenvalue weighted by molar-refractivity contribution is 0.0947. The topological polar surface area (TPSA) is 72.7 Å². The number of rotatable bonds is 5. The third-order valence-corrected chi connectivity index (χ3v) is 4.30. The molecule has 0 aliphatic rings. The molecular weight excluding hydrogens is 334 g/mol. The summed E-state index contributed by atoms with van der Waals surface area (Å²) < 4.78 is 2.07. The minimum absolute atomic E-state index is 0.228. The van der Waals surface area contributed by atoms with Crippen molar-refractivity contribution in [3.8, 4) is 11.3 Å². The zero-order valence-corrected chi connectivity index (χ0v) is 13.9. The second-order valence-electron chi connectivity index (χ2n) is 4.86. The third-order valence-electron chi connectivity index (χ3n) is 3.22. The van der Waals surface area contributed by atoms with E-state index in [-0.39, 0.29) is 5.91 Å². The highest BCUT2D eigenvalue weighted by Gasteiger charge is 2.14. The number of halogens is 1. The molecule has 3 aromatic rings. The fourth-order valence-electron chi connectivity index (χ4n) is 2.09. The molecule has 0 bridgehead atoms. The lowest BCUT2D eigenvalue weighted by atomic mass is 10.2. The Morgan fingerprint density at radius 2 is 2.13 bits per heavy atom. The number of nitrogens with one attached hydrogen (secondary N) is 1. The lowest BCUT2D eigenvalue weighted by Crippen LogP contribution is -2.28. The quantitative estimate of drug-likeness (QED) is 0.770. The molecule has 0 saturated heterocycles. The number of benzene rings is 1. The fraction of sp³-hybridized carbons (Fsp3) is 0.200. The minimum Gasteiger partial charge on any atom is -0.349 e. The molecule has 0 fully saturated rings. The summed E-state index contributed by atoms with van der Waals surface area (Å²) in [6, 6.07) is 9.82. The van der Waals surface area contributed by atoms with Crippen molar-refractivity contribution in [2.24, 2.45) is 0 Å². The van der Waals surface area contributed by atoms with E-state index in [2.05, 4.69) is 20.6 Å². The molecule has 1 amide bonds. The van der Waals surface area contributed by atoms with Crippen LogP contribution in [0.2, 0.25) is 4.47 Å². The molecule has 118 valence electrons. The summed E-state index contributed by atoms with van der Waals surface area (Å²) in [5.41, 5.74) is 2.19. The van der Waals surface area contributed by atoms with E-state index in [0.29, 0.717) is 23.3 Å². The molecule has 8 heteroatoms. The Balaban J connectivity index is 1.56. The predicted molar refractivity (Wildman–Crippen MR) is 89.7 cm³/mol. The van der Waals surface area contributed by atoms with Crippen LogP contribution in [-0.2, 0) is 6.54 Å². The van der Waals surface area contributed by atoms with Gasteiger partial charge in [-0.1, -0.05) is 47.1 Å². The summed E-state index contributed by atoms with van der Waals surface area (Å²) in [6.07, 6.45) is 1.85. The molecular formula is C15H14ClN5OS. The Bertz CT molecular complexity index is 814. The van der Waals surface area contributed by atoms with Gasteiger partial charge in [-0.2, -0.15) is 0 Å². The lowest BCUT2D eigenvalue weighted by Gasteiger charge is -2.03. The largest absolute Gasteiger partial charge is 0.349 e. The molecule has 0 spiro atoms. The smallest absolute Gasteiger partial charge is 0.271 e. The molecule has 6 nitrogen and oxygen atoms in total. The van der Waals surface area contributed by atoms with Crippen LogP contribution in [0.4, 0.5) is 0 Å². The SMILES string of the molecule is Cc1sc(Cl)nc1C(=O)NCCn1cc(-c2ccccc2)nn1. The van der Waals surface area contributed by atoms with Gasteiger partial charge in [0.2, 0.25) is 0 Å². The van der Waals surface area contributed by atoms with E-state index in [1.165, 1.54) is 11.3 Å². The van der Waals surface area contributed by atoms with Crippen molar-refractivity contribution in [2.45, 2.75) is 13.5 Å². The van der Waals surface area contributed by atoms with E-state index in [1.807, 2.05) is 43.5 Å². The third kappa shape index (κ3) is 3.75. The van der Waals surface area contributed by atoms with Gasteiger partial charge in [0.15, 0.2) is 4.47 Å². The van der Waals surface area contributed by atoms with Crippen molar-refractivity contribution in [1.82, 2.24) is 25.3 Å². The molecule has 0 aliphatic heterocycles. The van der Waals surface area contributed by atoms with Gasteiger partial charge in [0.05, 0.1) is 12.7 Å². The summed E-state index contributed by atoms with van der Waals surface area (Å²) >= 11 is 7.10. The molecule has 1 N–H and O–H groups in total. The van der Waals surface area contributed by atoms with Crippen molar-refractivity contribution in [1.29, 1.82) is 0 Å². The van der Waals surface area contributed by atoms with E-state index < -0.39 is 0 Å². The van der Waals surface area contributed by atoms with Gasteiger partial charge in [-0.25, -0.2) is 4.98 Å². The number of aryl methyl sites for hydroxylation is 1. The summed E-state index contributed by atoms with van der Waals surface area (Å²) in [5, 5.41) is 11.0. The van der Waals surface area contributed by atoms with Crippen molar-refractivity contribution >= 4 is 28.8 Å². The second kappa shape index (κ2) is 6.89. The zero-order valence-electron chi connectivity index (χ0n) is 12.4. The van der Waals surface area contributed by atoms with Crippen LogP contribution >= 0.6 is 22.9 Å². The highest BCUT2D eigenvalue weighted by Crippen LogP contribution is 2.21. The van der Waals surface area contributed by atoms with Crippen LogP contribution in [0.3, 0.4) is 0 Å². The van der Waals surface area contributed by atoms with E-state index in [0.717, 1.165) is 16.1 Å². The van der Waals surface area contributed by atoms with E-state index in [4.69, 9.17) is 11.6 Å². The number of aromatic nitrogens is 4. The van der Waals surface area contributed by atoms with Crippen LogP contribution in [0.1, 0.15) is 15.4 Å². The maximum absolute atomic E-state index is 12.0. The summed E-state index contributed by atoms with van der Waals surface area (Å²) in [4.78, 5) is 16.8. The first-order chi connectivity index (χ1) is 11.1. The zero-order chi connectivity index (χ0) is 16.2. The van der Waals surface area contributed by atoms with Crippen LogP contribution in [0, 0.1) is 6.92 Å². The fourth-order valence-corrected chi connectivity index (χ4v) is 3.15. The number of amides is 1. The van der Waals surface area contributed by atoms with Gasteiger partial charge >= 0.3 is 0 Å². The van der Waals surface area contributed by atoms with Crippen LogP contribution in [0.15, 0.2) is 36.5 Å². The van der Waals surface area contributed by atoms with Crippen molar-refractivity contribution in [3.63, 3.8) is 0 Å². The Morgan fingerprint density at radius 1 is 1.35 bits per heavy atom.